The highest BCUT2D eigenvalue weighted by atomic mass is 32.1. The Hall–Kier alpha value is -0.640. The van der Waals surface area contributed by atoms with Crippen molar-refractivity contribution in [3.05, 3.63) is 5.01 Å². The van der Waals surface area contributed by atoms with E-state index in [1.54, 1.807) is 11.3 Å². The average molecular weight is 213 g/mol. The first kappa shape index (κ1) is 11.4. The molecule has 0 fully saturated rings. The predicted molar refractivity (Wildman–Crippen MR) is 61.8 cm³/mol. The van der Waals surface area contributed by atoms with Gasteiger partial charge in [-0.1, -0.05) is 32.1 Å². The van der Waals surface area contributed by atoms with Crippen molar-refractivity contribution in [3.63, 3.8) is 0 Å². The molecule has 14 heavy (non-hydrogen) atoms. The van der Waals surface area contributed by atoms with E-state index in [9.17, 15) is 0 Å². The molecule has 1 N–H and O–H groups in total. The summed E-state index contributed by atoms with van der Waals surface area (Å²) in [4.78, 5) is 0. The molecule has 0 aliphatic carbocycles. The fraction of sp³-hybridized carbons (Fsp3) is 0.800. The van der Waals surface area contributed by atoms with E-state index in [0.717, 1.165) is 23.0 Å². The molecule has 1 heterocycles. The first-order valence-electron chi connectivity index (χ1n) is 5.20. The smallest absolute Gasteiger partial charge is 0.205 e. The van der Waals surface area contributed by atoms with Crippen LogP contribution in [0, 0.1) is 5.92 Å². The molecule has 3 nitrogen and oxygen atoms in total. The second kappa shape index (κ2) is 5.29. The van der Waals surface area contributed by atoms with Crippen molar-refractivity contribution in [3.8, 4) is 0 Å². The number of hydrogen-bond donors (Lipinski definition) is 1. The van der Waals surface area contributed by atoms with Crippen LogP contribution in [0.15, 0.2) is 0 Å². The van der Waals surface area contributed by atoms with Gasteiger partial charge in [-0.05, 0) is 19.3 Å². The monoisotopic (exact) mass is 213 g/mol. The Kier molecular flexibility index (Phi) is 4.32. The lowest BCUT2D eigenvalue weighted by molar-refractivity contribution is 0.639. The summed E-state index contributed by atoms with van der Waals surface area (Å²) in [6.07, 6.45) is 2.14. The summed E-state index contributed by atoms with van der Waals surface area (Å²) in [6.45, 7) is 8.71. The van der Waals surface area contributed by atoms with Crippen LogP contribution in [0.2, 0.25) is 0 Å². The van der Waals surface area contributed by atoms with Crippen LogP contribution in [0.4, 0.5) is 5.13 Å². The van der Waals surface area contributed by atoms with Crippen molar-refractivity contribution in [2.75, 3.05) is 5.32 Å². The fourth-order valence-electron chi connectivity index (χ4n) is 1.06. The zero-order valence-corrected chi connectivity index (χ0v) is 10.2. The minimum atomic E-state index is 0.481. The van der Waals surface area contributed by atoms with Crippen LogP contribution in [0.25, 0.3) is 0 Å². The number of hydrogen-bond acceptors (Lipinski definition) is 4. The molecule has 0 aromatic carbocycles. The molecule has 0 bridgehead atoms. The van der Waals surface area contributed by atoms with Crippen LogP contribution in [0.1, 0.15) is 39.1 Å². The largest absolute Gasteiger partial charge is 0.358 e. The Morgan fingerprint density at radius 2 is 2.00 bits per heavy atom. The van der Waals surface area contributed by atoms with Gasteiger partial charge < -0.3 is 5.32 Å². The lowest BCUT2D eigenvalue weighted by Gasteiger charge is -2.07. The third kappa shape index (κ3) is 3.62. The summed E-state index contributed by atoms with van der Waals surface area (Å²) in [5, 5.41) is 13.7. The SMILES string of the molecule is CCC(C)Nc1nnc(CC(C)C)s1. The average Bonchev–Trinajstić information content (AvgIpc) is 2.51. The molecule has 1 atom stereocenters. The van der Waals surface area contributed by atoms with Crippen molar-refractivity contribution < 1.29 is 0 Å². The molecular formula is C10H19N3S. The van der Waals surface area contributed by atoms with E-state index in [2.05, 4.69) is 43.2 Å². The molecule has 0 saturated carbocycles. The van der Waals surface area contributed by atoms with Crippen LogP contribution in [0.5, 0.6) is 0 Å². The summed E-state index contributed by atoms with van der Waals surface area (Å²) < 4.78 is 0. The van der Waals surface area contributed by atoms with Crippen LogP contribution in [-0.4, -0.2) is 16.2 Å². The van der Waals surface area contributed by atoms with E-state index in [1.807, 2.05) is 0 Å². The minimum absolute atomic E-state index is 0.481. The molecule has 0 amide bonds. The molecular weight excluding hydrogens is 194 g/mol. The van der Waals surface area contributed by atoms with Gasteiger partial charge in [0.05, 0.1) is 0 Å². The lowest BCUT2D eigenvalue weighted by atomic mass is 10.1. The summed E-state index contributed by atoms with van der Waals surface area (Å²) in [6, 6.07) is 0.481. The van der Waals surface area contributed by atoms with E-state index in [0.29, 0.717) is 12.0 Å². The number of nitrogens with zero attached hydrogens (tertiary/aromatic N) is 2. The van der Waals surface area contributed by atoms with E-state index < -0.39 is 0 Å². The topological polar surface area (TPSA) is 37.8 Å². The highest BCUT2D eigenvalue weighted by Crippen LogP contribution is 2.19. The second-order valence-electron chi connectivity index (χ2n) is 4.05. The Morgan fingerprint density at radius 1 is 1.29 bits per heavy atom. The first-order chi connectivity index (χ1) is 6.61. The summed E-state index contributed by atoms with van der Waals surface area (Å²) in [5.41, 5.74) is 0. The van der Waals surface area contributed by atoms with E-state index in [1.165, 1.54) is 0 Å². The Labute approximate surface area is 89.9 Å². The molecule has 80 valence electrons. The fourth-order valence-corrected chi connectivity index (χ4v) is 2.12. The summed E-state index contributed by atoms with van der Waals surface area (Å²) >= 11 is 1.67. The van der Waals surface area contributed by atoms with Crippen LogP contribution >= 0.6 is 11.3 Å². The first-order valence-corrected chi connectivity index (χ1v) is 6.02. The number of anilines is 1. The molecule has 0 aliphatic rings. The van der Waals surface area contributed by atoms with Crippen LogP contribution in [-0.2, 0) is 6.42 Å². The molecule has 4 heteroatoms. The van der Waals surface area contributed by atoms with Gasteiger partial charge in [0, 0.05) is 12.5 Å². The van der Waals surface area contributed by atoms with E-state index in [4.69, 9.17) is 0 Å². The molecule has 0 saturated heterocycles. The van der Waals surface area contributed by atoms with Crippen molar-refractivity contribution >= 4 is 16.5 Å². The normalized spacial score (nSPS) is 13.2. The molecule has 0 aliphatic heterocycles. The van der Waals surface area contributed by atoms with Crippen LogP contribution in [0.3, 0.4) is 0 Å². The van der Waals surface area contributed by atoms with Gasteiger partial charge in [0.2, 0.25) is 5.13 Å². The zero-order chi connectivity index (χ0) is 10.6. The predicted octanol–water partition coefficient (Wildman–Crippen LogP) is 2.95. The molecule has 0 radical (unpaired) electrons. The van der Waals surface area contributed by atoms with E-state index in [-0.39, 0.29) is 0 Å². The van der Waals surface area contributed by atoms with Crippen molar-refractivity contribution in [2.45, 2.75) is 46.6 Å². The minimum Gasteiger partial charge on any atom is -0.358 e. The molecule has 0 spiro atoms. The summed E-state index contributed by atoms with van der Waals surface area (Å²) in [5.74, 6) is 0.652. The van der Waals surface area contributed by atoms with Crippen molar-refractivity contribution in [1.29, 1.82) is 0 Å². The maximum atomic E-state index is 4.15. The van der Waals surface area contributed by atoms with Crippen LogP contribution < -0.4 is 5.32 Å². The zero-order valence-electron chi connectivity index (χ0n) is 9.37. The third-order valence-electron chi connectivity index (χ3n) is 2.03. The van der Waals surface area contributed by atoms with Gasteiger partial charge in [0.25, 0.3) is 0 Å². The van der Waals surface area contributed by atoms with Gasteiger partial charge in [0.15, 0.2) is 0 Å². The second-order valence-corrected chi connectivity index (χ2v) is 5.11. The van der Waals surface area contributed by atoms with Gasteiger partial charge in [-0.25, -0.2) is 0 Å². The van der Waals surface area contributed by atoms with Crippen molar-refractivity contribution in [1.82, 2.24) is 10.2 Å². The molecule has 1 aromatic rings. The third-order valence-corrected chi connectivity index (χ3v) is 2.91. The highest BCUT2D eigenvalue weighted by Gasteiger charge is 2.07. The van der Waals surface area contributed by atoms with Gasteiger partial charge in [0.1, 0.15) is 5.01 Å². The quantitative estimate of drug-likeness (QED) is 0.817. The van der Waals surface area contributed by atoms with Crippen molar-refractivity contribution in [2.24, 2.45) is 5.92 Å². The number of nitrogens with one attached hydrogen (secondary N) is 1. The molecule has 1 rings (SSSR count). The number of aromatic nitrogens is 2. The molecule has 1 aromatic heterocycles. The van der Waals surface area contributed by atoms with E-state index >= 15 is 0 Å². The Balaban J connectivity index is 2.50. The highest BCUT2D eigenvalue weighted by molar-refractivity contribution is 7.15. The maximum absolute atomic E-state index is 4.15. The van der Waals surface area contributed by atoms with Gasteiger partial charge in [-0.3, -0.25) is 0 Å². The van der Waals surface area contributed by atoms with Gasteiger partial charge >= 0.3 is 0 Å². The Bertz CT molecular complexity index is 270. The summed E-state index contributed by atoms with van der Waals surface area (Å²) in [7, 11) is 0. The van der Waals surface area contributed by atoms with Gasteiger partial charge in [-0.15, -0.1) is 10.2 Å². The maximum Gasteiger partial charge on any atom is 0.205 e. The lowest BCUT2D eigenvalue weighted by Crippen LogP contribution is -2.12. The number of rotatable bonds is 5. The van der Waals surface area contributed by atoms with Gasteiger partial charge in [-0.2, -0.15) is 0 Å². The Morgan fingerprint density at radius 3 is 2.57 bits per heavy atom. The molecule has 1 unspecified atom stereocenters. The standard InChI is InChI=1S/C10H19N3S/c1-5-8(4)11-10-13-12-9(14-10)6-7(2)3/h7-8H,5-6H2,1-4H3,(H,11,13).